The van der Waals surface area contributed by atoms with E-state index < -0.39 is 12.0 Å². The maximum absolute atomic E-state index is 12.1. The predicted molar refractivity (Wildman–Crippen MR) is 66.4 cm³/mol. The summed E-state index contributed by atoms with van der Waals surface area (Å²) in [6.45, 7) is 2.08. The Bertz CT molecular complexity index is 383. The number of rotatable bonds is 5. The summed E-state index contributed by atoms with van der Waals surface area (Å²) in [5.41, 5.74) is 0. The van der Waals surface area contributed by atoms with Gasteiger partial charge in [0.05, 0.1) is 0 Å². The minimum Gasteiger partial charge on any atom is -0.480 e. The SMILES string of the molecule is CC(C(=O)O)N(C(=O)CN1CCSC1=O)C1CC1. The van der Waals surface area contributed by atoms with Gasteiger partial charge in [-0.15, -0.1) is 0 Å². The Balaban J connectivity index is 1.99. The molecule has 0 spiro atoms. The van der Waals surface area contributed by atoms with Crippen molar-refractivity contribution in [3.8, 4) is 0 Å². The van der Waals surface area contributed by atoms with Crippen LogP contribution in [0.25, 0.3) is 0 Å². The number of carbonyl (C=O) groups excluding carboxylic acids is 2. The number of hydrogen-bond acceptors (Lipinski definition) is 4. The molecule has 1 aliphatic heterocycles. The van der Waals surface area contributed by atoms with Gasteiger partial charge in [-0.05, 0) is 19.8 Å². The lowest BCUT2D eigenvalue weighted by Crippen LogP contribution is -2.48. The van der Waals surface area contributed by atoms with Crippen molar-refractivity contribution in [3.05, 3.63) is 0 Å². The highest BCUT2D eigenvalue weighted by Gasteiger charge is 2.39. The minimum absolute atomic E-state index is 0.0000463. The van der Waals surface area contributed by atoms with Gasteiger partial charge >= 0.3 is 5.97 Å². The average Bonchev–Trinajstić information content (AvgIpc) is 3.05. The number of carbonyl (C=O) groups is 3. The fourth-order valence-corrected chi connectivity index (χ4v) is 2.85. The molecule has 0 aromatic heterocycles. The first-order valence-corrected chi connectivity index (χ1v) is 6.95. The Kier molecular flexibility index (Phi) is 3.79. The van der Waals surface area contributed by atoms with Gasteiger partial charge in [0.15, 0.2) is 0 Å². The van der Waals surface area contributed by atoms with Crippen molar-refractivity contribution in [3.63, 3.8) is 0 Å². The Hall–Kier alpha value is -1.24. The monoisotopic (exact) mass is 272 g/mol. The van der Waals surface area contributed by atoms with Gasteiger partial charge in [-0.3, -0.25) is 9.59 Å². The minimum atomic E-state index is -1.00. The lowest BCUT2D eigenvalue weighted by molar-refractivity contribution is -0.150. The van der Waals surface area contributed by atoms with Crippen LogP contribution in [0, 0.1) is 0 Å². The highest BCUT2D eigenvalue weighted by atomic mass is 32.2. The van der Waals surface area contributed by atoms with E-state index in [4.69, 9.17) is 5.11 Å². The third-order valence-corrected chi connectivity index (χ3v) is 4.07. The second-order valence-corrected chi connectivity index (χ2v) is 5.63. The zero-order chi connectivity index (χ0) is 13.3. The van der Waals surface area contributed by atoms with E-state index in [0.29, 0.717) is 12.3 Å². The number of amides is 2. The summed E-state index contributed by atoms with van der Waals surface area (Å²) in [6.07, 6.45) is 1.71. The summed E-state index contributed by atoms with van der Waals surface area (Å²) >= 11 is 1.20. The largest absolute Gasteiger partial charge is 0.480 e. The van der Waals surface area contributed by atoms with E-state index in [2.05, 4.69) is 0 Å². The molecule has 7 heteroatoms. The molecule has 0 radical (unpaired) electrons. The molecule has 2 rings (SSSR count). The molecule has 6 nitrogen and oxygen atoms in total. The number of hydrogen-bond donors (Lipinski definition) is 1. The zero-order valence-corrected chi connectivity index (χ0v) is 11.0. The van der Waals surface area contributed by atoms with Gasteiger partial charge in [0.2, 0.25) is 5.91 Å². The molecule has 0 bridgehead atoms. The second kappa shape index (κ2) is 5.17. The number of carboxylic acid groups (broad SMARTS) is 1. The fraction of sp³-hybridized carbons (Fsp3) is 0.727. The molecule has 1 saturated heterocycles. The smallest absolute Gasteiger partial charge is 0.326 e. The first-order valence-electron chi connectivity index (χ1n) is 5.96. The van der Waals surface area contributed by atoms with Crippen LogP contribution in [-0.2, 0) is 9.59 Å². The van der Waals surface area contributed by atoms with Crippen molar-refractivity contribution >= 4 is 28.9 Å². The summed E-state index contributed by atoms with van der Waals surface area (Å²) in [5.74, 6) is -0.565. The maximum Gasteiger partial charge on any atom is 0.326 e. The van der Waals surface area contributed by atoms with Crippen LogP contribution in [0.2, 0.25) is 0 Å². The predicted octanol–water partition coefficient (Wildman–Crippen LogP) is 0.619. The maximum atomic E-state index is 12.1. The Labute approximate surface area is 109 Å². The van der Waals surface area contributed by atoms with Crippen LogP contribution in [0.5, 0.6) is 0 Å². The molecular weight excluding hydrogens is 256 g/mol. The van der Waals surface area contributed by atoms with Crippen molar-refractivity contribution in [2.45, 2.75) is 31.8 Å². The summed E-state index contributed by atoms with van der Waals surface area (Å²) in [4.78, 5) is 37.5. The molecule has 1 aliphatic carbocycles. The molecule has 0 aromatic rings. The van der Waals surface area contributed by atoms with Crippen LogP contribution in [0.4, 0.5) is 4.79 Å². The van der Waals surface area contributed by atoms with Crippen LogP contribution < -0.4 is 0 Å². The third-order valence-electron chi connectivity index (χ3n) is 3.17. The van der Waals surface area contributed by atoms with Gasteiger partial charge < -0.3 is 14.9 Å². The summed E-state index contributed by atoms with van der Waals surface area (Å²) in [5, 5.41) is 8.92. The Morgan fingerprint density at radius 3 is 2.67 bits per heavy atom. The summed E-state index contributed by atoms with van der Waals surface area (Å²) in [7, 11) is 0. The first kappa shape index (κ1) is 13.2. The number of nitrogens with zero attached hydrogens (tertiary/aromatic N) is 2. The number of carboxylic acids is 1. The Morgan fingerprint density at radius 1 is 1.56 bits per heavy atom. The molecule has 100 valence electrons. The first-order chi connectivity index (χ1) is 8.50. The standard InChI is InChI=1S/C11H16N2O4S/c1-7(10(15)16)13(8-2-3-8)9(14)6-12-4-5-18-11(12)17/h7-8H,2-6H2,1H3,(H,15,16). The molecule has 1 heterocycles. The van der Waals surface area contributed by atoms with E-state index in [1.165, 1.54) is 28.5 Å². The average molecular weight is 272 g/mol. The van der Waals surface area contributed by atoms with Crippen LogP contribution >= 0.6 is 11.8 Å². The van der Waals surface area contributed by atoms with Gasteiger partial charge in [0, 0.05) is 18.3 Å². The van der Waals surface area contributed by atoms with Gasteiger partial charge in [0.25, 0.3) is 5.24 Å². The van der Waals surface area contributed by atoms with E-state index >= 15 is 0 Å². The summed E-state index contributed by atoms with van der Waals surface area (Å²) in [6, 6.07) is -0.788. The second-order valence-electron chi connectivity index (χ2n) is 4.58. The molecular formula is C11H16N2O4S. The van der Waals surface area contributed by atoms with Crippen LogP contribution in [0.15, 0.2) is 0 Å². The van der Waals surface area contributed by atoms with Crippen molar-refractivity contribution in [1.82, 2.24) is 9.80 Å². The van der Waals surface area contributed by atoms with Crippen LogP contribution in [0.3, 0.4) is 0 Å². The van der Waals surface area contributed by atoms with E-state index in [0.717, 1.165) is 12.8 Å². The summed E-state index contributed by atoms with van der Waals surface area (Å²) < 4.78 is 0. The fourth-order valence-electron chi connectivity index (χ4n) is 2.02. The highest BCUT2D eigenvalue weighted by molar-refractivity contribution is 8.13. The van der Waals surface area contributed by atoms with E-state index in [9.17, 15) is 14.4 Å². The lowest BCUT2D eigenvalue weighted by atomic mass is 10.2. The molecule has 18 heavy (non-hydrogen) atoms. The highest BCUT2D eigenvalue weighted by Crippen LogP contribution is 2.29. The molecule has 1 unspecified atom stereocenters. The van der Waals surface area contributed by atoms with Crippen molar-refractivity contribution < 1.29 is 19.5 Å². The van der Waals surface area contributed by atoms with Crippen LogP contribution in [0.1, 0.15) is 19.8 Å². The zero-order valence-electron chi connectivity index (χ0n) is 10.2. The van der Waals surface area contributed by atoms with Gasteiger partial charge in [-0.1, -0.05) is 11.8 Å². The topological polar surface area (TPSA) is 77.9 Å². The molecule has 2 fully saturated rings. The molecule has 1 saturated carbocycles. The van der Waals surface area contributed by atoms with Crippen molar-refractivity contribution in [2.24, 2.45) is 0 Å². The van der Waals surface area contributed by atoms with Crippen molar-refractivity contribution in [2.75, 3.05) is 18.8 Å². The third kappa shape index (κ3) is 2.77. The molecule has 2 aliphatic rings. The quantitative estimate of drug-likeness (QED) is 0.793. The molecule has 1 atom stereocenters. The van der Waals surface area contributed by atoms with Gasteiger partial charge in [-0.2, -0.15) is 0 Å². The van der Waals surface area contributed by atoms with E-state index in [1.807, 2.05) is 0 Å². The number of aliphatic carboxylic acids is 1. The molecule has 1 N–H and O–H groups in total. The number of thioether (sulfide) groups is 1. The molecule has 0 aromatic carbocycles. The van der Waals surface area contributed by atoms with Crippen LogP contribution in [-0.4, -0.2) is 62.9 Å². The van der Waals surface area contributed by atoms with Crippen molar-refractivity contribution in [1.29, 1.82) is 0 Å². The van der Waals surface area contributed by atoms with E-state index in [-0.39, 0.29) is 23.7 Å². The normalized spacial score (nSPS) is 20.9. The molecule has 2 amide bonds. The van der Waals surface area contributed by atoms with E-state index in [1.54, 1.807) is 0 Å². The van der Waals surface area contributed by atoms with Gasteiger partial charge in [-0.25, -0.2) is 4.79 Å². The Morgan fingerprint density at radius 2 is 2.22 bits per heavy atom. The lowest BCUT2D eigenvalue weighted by Gasteiger charge is -2.28. The van der Waals surface area contributed by atoms with Gasteiger partial charge in [0.1, 0.15) is 12.6 Å².